The van der Waals surface area contributed by atoms with Crippen LogP contribution in [0.25, 0.3) is 0 Å². The second-order valence-electron chi connectivity index (χ2n) is 6.04. The molecule has 1 aromatic heterocycles. The number of hydrogen-bond acceptors (Lipinski definition) is 5. The van der Waals surface area contributed by atoms with Gasteiger partial charge in [0.1, 0.15) is 0 Å². The van der Waals surface area contributed by atoms with Crippen LogP contribution in [0.1, 0.15) is 19.8 Å². The highest BCUT2D eigenvalue weighted by atomic mass is 127. The van der Waals surface area contributed by atoms with E-state index >= 15 is 0 Å². The summed E-state index contributed by atoms with van der Waals surface area (Å²) in [6, 6.07) is 3.13. The molecule has 2 heterocycles. The molecule has 1 fully saturated rings. The molecule has 1 aromatic rings. The van der Waals surface area contributed by atoms with Crippen LogP contribution >= 0.6 is 24.0 Å². The predicted molar refractivity (Wildman–Crippen MR) is 117 cm³/mol. The summed E-state index contributed by atoms with van der Waals surface area (Å²) in [4.78, 5) is 10.2. The van der Waals surface area contributed by atoms with Crippen molar-refractivity contribution in [2.24, 2.45) is 4.99 Å². The molecule has 154 valence electrons. The Kier molecular flexibility index (Phi) is 10.2. The lowest BCUT2D eigenvalue weighted by molar-refractivity contribution is 0.579. The topological polar surface area (TPSA) is 98.7 Å². The van der Waals surface area contributed by atoms with Gasteiger partial charge in [-0.1, -0.05) is 0 Å². The quantitative estimate of drug-likeness (QED) is 0.207. The van der Waals surface area contributed by atoms with Crippen LogP contribution in [-0.2, 0) is 10.0 Å². The molecule has 0 spiro atoms. The second-order valence-corrected chi connectivity index (χ2v) is 8.13. The smallest absolute Gasteiger partial charge is 0.211 e. The molecule has 1 unspecified atom stereocenters. The van der Waals surface area contributed by atoms with E-state index in [1.54, 1.807) is 26.2 Å². The Labute approximate surface area is 177 Å². The van der Waals surface area contributed by atoms with Crippen molar-refractivity contribution in [3.8, 4) is 0 Å². The second kappa shape index (κ2) is 11.6. The SMILES string of the molecule is CCS(=O)(=O)NCCCNC(=NC)NC1CCN(c2ncccc2F)C1.I. The molecule has 1 aliphatic heterocycles. The summed E-state index contributed by atoms with van der Waals surface area (Å²) in [6.45, 7) is 3.95. The van der Waals surface area contributed by atoms with Crippen molar-refractivity contribution in [2.45, 2.75) is 25.8 Å². The molecule has 1 atom stereocenters. The third kappa shape index (κ3) is 7.74. The van der Waals surface area contributed by atoms with Crippen LogP contribution in [0.5, 0.6) is 0 Å². The molecule has 8 nitrogen and oxygen atoms in total. The van der Waals surface area contributed by atoms with Crippen LogP contribution < -0.4 is 20.3 Å². The van der Waals surface area contributed by atoms with E-state index in [-0.39, 0.29) is 41.6 Å². The van der Waals surface area contributed by atoms with Crippen LogP contribution in [0.4, 0.5) is 10.2 Å². The monoisotopic (exact) mass is 514 g/mol. The molecule has 27 heavy (non-hydrogen) atoms. The lowest BCUT2D eigenvalue weighted by atomic mass is 10.3. The summed E-state index contributed by atoms with van der Waals surface area (Å²) in [5, 5.41) is 6.47. The first-order chi connectivity index (χ1) is 12.4. The van der Waals surface area contributed by atoms with E-state index in [2.05, 4.69) is 25.3 Å². The summed E-state index contributed by atoms with van der Waals surface area (Å²) in [7, 11) is -1.47. The van der Waals surface area contributed by atoms with E-state index in [4.69, 9.17) is 0 Å². The Balaban J connectivity index is 0.00000364. The molecule has 0 aliphatic carbocycles. The molecule has 0 radical (unpaired) electrons. The zero-order valence-electron chi connectivity index (χ0n) is 15.6. The Morgan fingerprint density at radius 2 is 2.22 bits per heavy atom. The number of pyridine rings is 1. The van der Waals surface area contributed by atoms with Crippen molar-refractivity contribution in [2.75, 3.05) is 43.9 Å². The van der Waals surface area contributed by atoms with Gasteiger partial charge >= 0.3 is 0 Å². The lowest BCUT2D eigenvalue weighted by Crippen LogP contribution is -2.45. The minimum absolute atomic E-state index is 0. The number of hydrogen-bond donors (Lipinski definition) is 3. The average Bonchev–Trinajstić information content (AvgIpc) is 3.09. The number of aromatic nitrogens is 1. The highest BCUT2D eigenvalue weighted by Gasteiger charge is 2.25. The molecule has 0 amide bonds. The Morgan fingerprint density at radius 3 is 2.89 bits per heavy atom. The van der Waals surface area contributed by atoms with Crippen LogP contribution in [-0.4, -0.2) is 64.4 Å². The Bertz CT molecular complexity index is 719. The summed E-state index contributed by atoms with van der Waals surface area (Å²) < 4.78 is 39.1. The fraction of sp³-hybridized carbons (Fsp3) is 0.625. The highest BCUT2D eigenvalue weighted by Crippen LogP contribution is 2.20. The first-order valence-corrected chi connectivity index (χ1v) is 10.4. The lowest BCUT2D eigenvalue weighted by Gasteiger charge is -2.20. The molecule has 11 heteroatoms. The third-order valence-electron chi connectivity index (χ3n) is 4.14. The molecule has 0 bridgehead atoms. The summed E-state index contributed by atoms with van der Waals surface area (Å²) >= 11 is 0. The maximum absolute atomic E-state index is 13.8. The number of nitrogens with zero attached hydrogens (tertiary/aromatic N) is 3. The normalized spacial score (nSPS) is 17.5. The van der Waals surface area contributed by atoms with Crippen LogP contribution in [0.15, 0.2) is 23.3 Å². The standard InChI is InChI=1S/C16H27FN6O2S.HI/c1-3-26(24,25)21-10-5-9-20-16(18-2)22-13-7-11-23(12-13)15-14(17)6-4-8-19-15;/h4,6,8,13,21H,3,5,7,9-12H2,1-2H3,(H2,18,20,22);1H. The van der Waals surface area contributed by atoms with Gasteiger partial charge in [0.25, 0.3) is 0 Å². The van der Waals surface area contributed by atoms with Crippen molar-refractivity contribution >= 4 is 45.8 Å². The minimum atomic E-state index is -3.15. The van der Waals surface area contributed by atoms with Crippen molar-refractivity contribution in [3.63, 3.8) is 0 Å². The first-order valence-electron chi connectivity index (χ1n) is 8.75. The number of aliphatic imine (C=N–C) groups is 1. The van der Waals surface area contributed by atoms with Gasteiger partial charge in [-0.25, -0.2) is 22.5 Å². The molecule has 1 aliphatic rings. The summed E-state index contributed by atoms with van der Waals surface area (Å²) in [6.07, 6.45) is 3.09. The molecular weight excluding hydrogens is 486 g/mol. The van der Waals surface area contributed by atoms with E-state index in [9.17, 15) is 12.8 Å². The number of halogens is 2. The van der Waals surface area contributed by atoms with E-state index < -0.39 is 10.0 Å². The van der Waals surface area contributed by atoms with E-state index in [1.165, 1.54) is 6.07 Å². The van der Waals surface area contributed by atoms with E-state index in [0.29, 0.717) is 37.8 Å². The average molecular weight is 514 g/mol. The number of rotatable bonds is 8. The minimum Gasteiger partial charge on any atom is -0.356 e. The molecule has 1 saturated heterocycles. The van der Waals surface area contributed by atoms with Crippen molar-refractivity contribution < 1.29 is 12.8 Å². The van der Waals surface area contributed by atoms with Crippen molar-refractivity contribution in [3.05, 3.63) is 24.1 Å². The van der Waals surface area contributed by atoms with E-state index in [1.807, 2.05) is 4.90 Å². The summed E-state index contributed by atoms with van der Waals surface area (Å²) in [5.41, 5.74) is 0. The van der Waals surface area contributed by atoms with Gasteiger partial charge in [-0.2, -0.15) is 0 Å². The van der Waals surface area contributed by atoms with Crippen LogP contribution in [0.3, 0.4) is 0 Å². The number of sulfonamides is 1. The molecular formula is C16H28FIN6O2S. The van der Waals surface area contributed by atoms with Gasteiger partial charge in [-0.15, -0.1) is 24.0 Å². The van der Waals surface area contributed by atoms with Gasteiger partial charge < -0.3 is 15.5 Å². The first kappa shape index (κ1) is 23.8. The fourth-order valence-electron chi connectivity index (χ4n) is 2.69. The maximum Gasteiger partial charge on any atom is 0.211 e. The van der Waals surface area contributed by atoms with Gasteiger partial charge in [0.2, 0.25) is 10.0 Å². The predicted octanol–water partition coefficient (Wildman–Crippen LogP) is 0.912. The summed E-state index contributed by atoms with van der Waals surface area (Å²) in [5.74, 6) is 0.795. The highest BCUT2D eigenvalue weighted by molar-refractivity contribution is 14.0. The van der Waals surface area contributed by atoms with Gasteiger partial charge in [0, 0.05) is 45.5 Å². The zero-order valence-corrected chi connectivity index (χ0v) is 18.8. The maximum atomic E-state index is 13.8. The molecule has 0 saturated carbocycles. The fourth-order valence-corrected chi connectivity index (χ4v) is 3.35. The van der Waals surface area contributed by atoms with Crippen molar-refractivity contribution in [1.82, 2.24) is 20.3 Å². The van der Waals surface area contributed by atoms with Gasteiger partial charge in [-0.3, -0.25) is 4.99 Å². The zero-order chi connectivity index (χ0) is 19.0. The van der Waals surface area contributed by atoms with Crippen molar-refractivity contribution in [1.29, 1.82) is 0 Å². The largest absolute Gasteiger partial charge is 0.356 e. The number of nitrogens with one attached hydrogen (secondary N) is 3. The number of guanidine groups is 1. The Morgan fingerprint density at radius 1 is 1.44 bits per heavy atom. The van der Waals surface area contributed by atoms with Gasteiger partial charge in [0.05, 0.1) is 5.75 Å². The van der Waals surface area contributed by atoms with Crippen LogP contribution in [0.2, 0.25) is 0 Å². The van der Waals surface area contributed by atoms with Gasteiger partial charge in [0.15, 0.2) is 17.6 Å². The third-order valence-corrected chi connectivity index (χ3v) is 5.54. The van der Waals surface area contributed by atoms with Crippen LogP contribution in [0, 0.1) is 5.82 Å². The molecule has 3 N–H and O–H groups in total. The van der Waals surface area contributed by atoms with E-state index in [0.717, 1.165) is 13.0 Å². The molecule has 0 aromatic carbocycles. The number of anilines is 1. The Hall–Kier alpha value is -1.21. The van der Waals surface area contributed by atoms with Gasteiger partial charge in [-0.05, 0) is 31.9 Å². The molecule has 2 rings (SSSR count).